The van der Waals surface area contributed by atoms with Crippen LogP contribution in [0.5, 0.6) is 17.2 Å². The highest BCUT2D eigenvalue weighted by Gasteiger charge is 2.50. The van der Waals surface area contributed by atoms with E-state index >= 15 is 0 Å². The van der Waals surface area contributed by atoms with E-state index < -0.39 is 177 Å². The quantitative estimate of drug-likeness (QED) is 0.0175. The standard InChI is InChI=1S/C61H74N10O21S2/c1-30-28-71-51(52(30)79)57(84)63-27-38(73)24-41(64-53(80)35-9-13-37(14-10-35)59-69-68-58(93-59)36-11-7-33(8-12-36)34-15-17-40(18-16-34)89-21-5-4-20-88-3)54(81)65-48(31(2)72)60(85)70-29-39(74)25-42(70)55(82)66-49(56(83)67-50(61(71)86)45(77)26-47(62)78)44(76)22-32-6-19-43(75)46(23-32)90-94-92-91-87/h6-19,23,30-31,38-39,41-42,44-45,48-52,72-77,79,87H,4-5,20-22,24-29H2,1-3H3,(H2,62,78)(H,63,84)(H,64,80)(H,65,81)(H,66,82)(H,67,83)/t30?,31?,38?,39?,41-,42?,44?,45?,48?,49?,50?,51?,52?/m0/s1. The van der Waals surface area contributed by atoms with Crippen LogP contribution in [0.15, 0.2) is 91.0 Å². The number of benzene rings is 4. The maximum atomic E-state index is 14.7. The highest BCUT2D eigenvalue weighted by atomic mass is 32.2. The number of fused-ring (bicyclic) bond motifs is 2. The summed E-state index contributed by atoms with van der Waals surface area (Å²) in [5, 5.41) is 113. The number of aromatic hydroxyl groups is 1. The molecular formula is C61H74N10O21S2. The molecule has 31 nitrogen and oxygen atoms in total. The van der Waals surface area contributed by atoms with Crippen molar-refractivity contribution in [3.05, 3.63) is 102 Å². The average Bonchev–Trinajstić information content (AvgIpc) is 1.62. The molecule has 33 heteroatoms. The van der Waals surface area contributed by atoms with E-state index in [1.165, 1.54) is 36.5 Å². The van der Waals surface area contributed by atoms with Gasteiger partial charge in [-0.05, 0) is 72.9 Å². The summed E-state index contributed by atoms with van der Waals surface area (Å²) < 4.78 is 20.2. The number of methoxy groups -OCH3 is 1. The molecule has 0 spiro atoms. The van der Waals surface area contributed by atoms with Crippen molar-refractivity contribution in [2.45, 2.75) is 125 Å². The predicted octanol–water partition coefficient (Wildman–Crippen LogP) is -0.763. The van der Waals surface area contributed by atoms with Crippen LogP contribution >= 0.6 is 23.7 Å². The Bertz CT molecular complexity index is 3460. The molecule has 1 aromatic heterocycles. The number of nitrogens with zero attached hydrogens (tertiary/aromatic N) is 4. The van der Waals surface area contributed by atoms with E-state index in [2.05, 4.69) is 46.2 Å². The summed E-state index contributed by atoms with van der Waals surface area (Å²) in [7, 11) is 1.66. The Balaban J connectivity index is 1.05. The minimum absolute atomic E-state index is 0.00248. The number of unbranched alkanes of at least 4 members (excludes halogenated alkanes) is 1. The molecule has 506 valence electrons. The van der Waals surface area contributed by atoms with Gasteiger partial charge in [0.15, 0.2) is 11.5 Å². The highest BCUT2D eigenvalue weighted by Crippen LogP contribution is 2.34. The van der Waals surface area contributed by atoms with Crippen molar-refractivity contribution in [2.75, 3.05) is 40.0 Å². The van der Waals surface area contributed by atoms with Gasteiger partial charge in [0.2, 0.25) is 41.4 Å². The molecule has 5 aromatic rings. The van der Waals surface area contributed by atoms with Crippen LogP contribution in [0.25, 0.3) is 32.3 Å². The van der Waals surface area contributed by atoms with E-state index in [1.54, 1.807) is 19.2 Å². The van der Waals surface area contributed by atoms with Gasteiger partial charge in [0.1, 0.15) is 52.0 Å². The van der Waals surface area contributed by atoms with E-state index in [0.29, 0.717) is 28.8 Å². The Morgan fingerprint density at radius 2 is 1.34 bits per heavy atom. The number of β-amino-alcohol motifs (C(OH)–C–C–N with tert-alkyl or cyclic N) is 1. The van der Waals surface area contributed by atoms with E-state index in [-0.39, 0.29) is 29.2 Å². The first-order valence-electron chi connectivity index (χ1n) is 29.8. The van der Waals surface area contributed by atoms with Gasteiger partial charge in [-0.1, -0.05) is 82.2 Å². The summed E-state index contributed by atoms with van der Waals surface area (Å²) in [6.07, 6.45) is -11.9. The van der Waals surface area contributed by atoms with Crippen LogP contribution in [0.3, 0.4) is 0 Å². The summed E-state index contributed by atoms with van der Waals surface area (Å²) >= 11 is 1.34. The van der Waals surface area contributed by atoms with E-state index in [9.17, 15) is 74.1 Å². The first kappa shape index (κ1) is 71.4. The van der Waals surface area contributed by atoms with E-state index in [4.69, 9.17) is 24.6 Å². The Kier molecular flexibility index (Phi) is 25.1. The van der Waals surface area contributed by atoms with Crippen LogP contribution in [0.2, 0.25) is 0 Å². The van der Waals surface area contributed by atoms with Gasteiger partial charge in [-0.15, -0.1) is 10.2 Å². The summed E-state index contributed by atoms with van der Waals surface area (Å²) in [5.41, 5.74) is 8.82. The minimum Gasteiger partial charge on any atom is -0.504 e. The average molecular weight is 1350 g/mol. The number of nitrogens with two attached hydrogens (primary N) is 1. The zero-order valence-electron chi connectivity index (χ0n) is 51.0. The number of phenols is 1. The second kappa shape index (κ2) is 33.1. The summed E-state index contributed by atoms with van der Waals surface area (Å²) in [4.78, 5) is 115. The van der Waals surface area contributed by atoms with Crippen molar-refractivity contribution in [3.8, 4) is 49.5 Å². The number of rotatable bonds is 22. The van der Waals surface area contributed by atoms with Crippen LogP contribution in [0.4, 0.5) is 0 Å². The molecule has 4 aromatic carbocycles. The van der Waals surface area contributed by atoms with Crippen molar-refractivity contribution >= 4 is 70.9 Å². The number of aliphatic hydroxyl groups is 6. The van der Waals surface area contributed by atoms with Gasteiger partial charge in [0.05, 0.1) is 49.7 Å². The summed E-state index contributed by atoms with van der Waals surface area (Å²) in [5.74, 6) is -10.4. The number of amides is 8. The molecule has 0 saturated carbocycles. The number of aromatic nitrogens is 2. The first-order chi connectivity index (χ1) is 44.9. The molecule has 3 aliphatic rings. The molecule has 3 aliphatic heterocycles. The van der Waals surface area contributed by atoms with Crippen LogP contribution in [0, 0.1) is 5.92 Å². The third kappa shape index (κ3) is 18.3. The van der Waals surface area contributed by atoms with Gasteiger partial charge in [-0.3, -0.25) is 38.4 Å². The summed E-state index contributed by atoms with van der Waals surface area (Å²) in [6, 6.07) is 13.4. The number of carbonyl (C=O) groups is 8. The van der Waals surface area contributed by atoms with Gasteiger partial charge in [-0.2, -0.15) is 0 Å². The molecule has 94 heavy (non-hydrogen) atoms. The number of nitrogens with one attached hydrogen (secondary N) is 5. The van der Waals surface area contributed by atoms with Gasteiger partial charge >= 0.3 is 0 Å². The second-order valence-electron chi connectivity index (χ2n) is 22.9. The minimum atomic E-state index is -2.22. The number of hydrogen-bond donors (Lipinski definition) is 14. The first-order valence-corrected chi connectivity index (χ1v) is 31.3. The van der Waals surface area contributed by atoms with Crippen molar-refractivity contribution in [3.63, 3.8) is 0 Å². The fourth-order valence-electron chi connectivity index (χ4n) is 11.0. The molecule has 12 unspecified atom stereocenters. The fraction of sp³-hybridized carbons (Fsp3) is 0.443. The van der Waals surface area contributed by atoms with Crippen LogP contribution in [0.1, 0.15) is 61.9 Å². The lowest BCUT2D eigenvalue weighted by Gasteiger charge is -2.33. The third-order valence-electron chi connectivity index (χ3n) is 16.0. The molecule has 8 amide bonds. The monoisotopic (exact) mass is 1350 g/mol. The van der Waals surface area contributed by atoms with Gasteiger partial charge in [0.25, 0.3) is 18.2 Å². The Morgan fingerprint density at radius 1 is 0.734 bits per heavy atom. The number of hydrogen-bond acceptors (Lipinski definition) is 25. The SMILES string of the molecule is COCCCCOc1ccc(-c2ccc(-c3nnc(-c4ccc(C(=O)N[C@H]5CC(O)CNC(=O)C6C(O)C(C)CN6C(=O)C(C(O)CC(N)=O)NC(=O)C(C(O)Cc6ccc(O)c(OSOOO)c6)NC(=O)C6CC(O)CN6C(=O)C(C(C)O)NC5=O)cc4)s3)cc2)cc1. The lowest BCUT2D eigenvalue weighted by molar-refractivity contribution is -0.433. The molecule has 4 heterocycles. The van der Waals surface area contributed by atoms with Crippen molar-refractivity contribution < 1.29 is 102 Å². The topological polar surface area (TPSA) is 463 Å². The van der Waals surface area contributed by atoms with Crippen molar-refractivity contribution in [1.82, 2.24) is 46.6 Å². The smallest absolute Gasteiger partial charge is 0.261 e. The summed E-state index contributed by atoms with van der Waals surface area (Å²) in [6.45, 7) is 2.10. The largest absolute Gasteiger partial charge is 0.504 e. The zero-order valence-corrected chi connectivity index (χ0v) is 52.6. The molecule has 8 rings (SSSR count). The molecular weight excluding hydrogens is 1270 g/mol. The molecule has 3 fully saturated rings. The van der Waals surface area contributed by atoms with Gasteiger partial charge in [0, 0.05) is 75.2 Å². The highest BCUT2D eigenvalue weighted by molar-refractivity contribution is 7.90. The number of ether oxygens (including phenoxy) is 2. The Labute approximate surface area is 546 Å². The molecule has 0 radical (unpaired) electrons. The fourth-order valence-corrected chi connectivity index (χ4v) is 12.1. The lowest BCUT2D eigenvalue weighted by atomic mass is 9.98. The lowest BCUT2D eigenvalue weighted by Crippen LogP contribution is -2.64. The maximum Gasteiger partial charge on any atom is 0.261 e. The molecule has 0 aliphatic carbocycles. The molecule has 0 bridgehead atoms. The van der Waals surface area contributed by atoms with Crippen LogP contribution in [-0.4, -0.2) is 221 Å². The van der Waals surface area contributed by atoms with Crippen LogP contribution in [-0.2, 0) is 54.1 Å². The Morgan fingerprint density at radius 3 is 1.98 bits per heavy atom. The van der Waals surface area contributed by atoms with Crippen molar-refractivity contribution in [1.29, 1.82) is 0 Å². The maximum absolute atomic E-state index is 14.7. The van der Waals surface area contributed by atoms with Crippen molar-refractivity contribution in [2.24, 2.45) is 11.7 Å². The molecule has 15 N–H and O–H groups in total. The third-order valence-corrected chi connectivity index (χ3v) is 17.3. The number of phenolic OH excluding ortho intramolecular Hbond substituents is 1. The van der Waals surface area contributed by atoms with Crippen LogP contribution < -0.4 is 41.2 Å². The van der Waals surface area contributed by atoms with E-state index in [0.717, 1.165) is 64.1 Å². The second-order valence-corrected chi connectivity index (χ2v) is 24.3. The molecule has 3 saturated heterocycles. The predicted molar refractivity (Wildman–Crippen MR) is 333 cm³/mol. The number of aliphatic hydroxyl groups excluding tert-OH is 6. The zero-order chi connectivity index (χ0) is 67.9. The Hall–Kier alpha value is -8.45. The van der Waals surface area contributed by atoms with Gasteiger partial charge < -0.3 is 91.5 Å². The number of carbonyl (C=O) groups excluding carboxylic acids is 8. The normalized spacial score (nSPS) is 24.3. The number of primary amides is 1. The van der Waals surface area contributed by atoms with E-state index in [1.807, 2.05) is 48.5 Å². The molecule has 13 atom stereocenters. The van der Waals surface area contributed by atoms with Gasteiger partial charge in [-0.25, -0.2) is 5.26 Å².